The van der Waals surface area contributed by atoms with Gasteiger partial charge in [0.1, 0.15) is 17.4 Å². The van der Waals surface area contributed by atoms with Gasteiger partial charge in [0, 0.05) is 32.5 Å². The van der Waals surface area contributed by atoms with Crippen LogP contribution in [0.25, 0.3) is 0 Å². The van der Waals surface area contributed by atoms with E-state index in [4.69, 9.17) is 14.7 Å². The first kappa shape index (κ1) is 21.5. The van der Waals surface area contributed by atoms with Gasteiger partial charge in [0.2, 0.25) is 0 Å². The highest BCUT2D eigenvalue weighted by molar-refractivity contribution is 5.97. The molecule has 0 spiro atoms. The second-order valence-corrected chi connectivity index (χ2v) is 5.80. The summed E-state index contributed by atoms with van der Waals surface area (Å²) in [4.78, 5) is 12.0. The van der Waals surface area contributed by atoms with Crippen molar-refractivity contribution < 1.29 is 14.3 Å². The lowest BCUT2D eigenvalue weighted by Gasteiger charge is -2.07. The lowest BCUT2D eigenvalue weighted by Crippen LogP contribution is -2.27. The van der Waals surface area contributed by atoms with Crippen molar-refractivity contribution in [2.45, 2.75) is 32.6 Å². The minimum absolute atomic E-state index is 0.0718. The maximum atomic E-state index is 12.0. The zero-order chi connectivity index (χ0) is 19.0. The van der Waals surface area contributed by atoms with Gasteiger partial charge in [-0.25, -0.2) is 0 Å². The van der Waals surface area contributed by atoms with Crippen LogP contribution in [0.2, 0.25) is 0 Å². The molecule has 1 rings (SSSR count). The first-order chi connectivity index (χ1) is 12.7. The second kappa shape index (κ2) is 13.7. The van der Waals surface area contributed by atoms with Crippen LogP contribution in [-0.4, -0.2) is 39.3 Å². The van der Waals surface area contributed by atoms with Gasteiger partial charge in [-0.2, -0.15) is 5.26 Å². The lowest BCUT2D eigenvalue weighted by atomic mass is 10.1. The largest absolute Gasteiger partial charge is 0.497 e. The Hall–Kier alpha value is -2.52. The minimum atomic E-state index is -0.366. The Morgan fingerprint density at radius 2 is 2.08 bits per heavy atom. The number of unbranched alkanes of at least 4 members (excludes halogenated alkanes) is 1. The number of hydrogen-bond acceptors (Lipinski definition) is 5. The molecule has 6 heteroatoms. The molecule has 1 aromatic rings. The van der Waals surface area contributed by atoms with E-state index in [0.717, 1.165) is 43.6 Å². The molecule has 0 heterocycles. The maximum absolute atomic E-state index is 12.0. The predicted molar refractivity (Wildman–Crippen MR) is 102 cm³/mol. The number of ether oxygens (including phenoxy) is 2. The van der Waals surface area contributed by atoms with Gasteiger partial charge in [0.05, 0.1) is 7.11 Å². The van der Waals surface area contributed by atoms with Crippen LogP contribution in [-0.2, 0) is 16.0 Å². The summed E-state index contributed by atoms with van der Waals surface area (Å²) in [5.74, 6) is 0.448. The van der Waals surface area contributed by atoms with Crippen LogP contribution < -0.4 is 15.4 Å². The quantitative estimate of drug-likeness (QED) is 0.321. The Morgan fingerprint density at radius 3 is 2.81 bits per heavy atom. The van der Waals surface area contributed by atoms with Crippen molar-refractivity contribution >= 4 is 5.91 Å². The Bertz CT molecular complexity index is 609. The molecule has 0 fully saturated rings. The fourth-order valence-electron chi connectivity index (χ4n) is 2.19. The SMILES string of the molecule is CCCCOCCCNC(=O)/C(C#N)=C\NCCc1cccc(OC)c1. The number of amides is 1. The number of nitrogens with zero attached hydrogens (tertiary/aromatic N) is 1. The van der Waals surface area contributed by atoms with Crippen molar-refractivity contribution in [3.63, 3.8) is 0 Å². The van der Waals surface area contributed by atoms with E-state index in [2.05, 4.69) is 17.6 Å². The molecule has 26 heavy (non-hydrogen) atoms. The standard InChI is InChI=1S/C20H29N3O3/c1-3-4-12-26-13-6-10-23-20(24)18(15-21)16-22-11-9-17-7-5-8-19(14-17)25-2/h5,7-8,14,16,22H,3-4,6,9-13H2,1-2H3,(H,23,24)/b18-16-. The number of methoxy groups -OCH3 is 1. The molecule has 0 saturated heterocycles. The number of carbonyl (C=O) groups is 1. The highest BCUT2D eigenvalue weighted by Gasteiger charge is 2.07. The summed E-state index contributed by atoms with van der Waals surface area (Å²) in [6.07, 6.45) is 5.13. The fourth-order valence-corrected chi connectivity index (χ4v) is 2.19. The molecule has 6 nitrogen and oxygen atoms in total. The first-order valence-corrected chi connectivity index (χ1v) is 9.03. The number of benzene rings is 1. The Balaban J connectivity index is 2.26. The van der Waals surface area contributed by atoms with E-state index in [1.165, 1.54) is 6.20 Å². The molecular weight excluding hydrogens is 330 g/mol. The zero-order valence-corrected chi connectivity index (χ0v) is 15.7. The third-order valence-corrected chi connectivity index (χ3v) is 3.70. The zero-order valence-electron chi connectivity index (χ0n) is 15.7. The van der Waals surface area contributed by atoms with Crippen molar-refractivity contribution in [1.29, 1.82) is 5.26 Å². The molecule has 0 radical (unpaired) electrons. The summed E-state index contributed by atoms with van der Waals surface area (Å²) >= 11 is 0. The average molecular weight is 359 g/mol. The predicted octanol–water partition coefficient (Wildman–Crippen LogP) is 2.56. The topological polar surface area (TPSA) is 83.4 Å². The van der Waals surface area contributed by atoms with Gasteiger partial charge in [-0.15, -0.1) is 0 Å². The molecule has 142 valence electrons. The molecule has 0 aliphatic heterocycles. The van der Waals surface area contributed by atoms with Crippen LogP contribution in [0.5, 0.6) is 5.75 Å². The van der Waals surface area contributed by atoms with Gasteiger partial charge in [0.15, 0.2) is 0 Å². The summed E-state index contributed by atoms with van der Waals surface area (Å²) in [6, 6.07) is 9.72. The number of nitrogens with one attached hydrogen (secondary N) is 2. The average Bonchev–Trinajstić information content (AvgIpc) is 2.67. The van der Waals surface area contributed by atoms with E-state index in [9.17, 15) is 4.79 Å². The highest BCUT2D eigenvalue weighted by Crippen LogP contribution is 2.12. The van der Waals surface area contributed by atoms with Crippen LogP contribution in [0.4, 0.5) is 0 Å². The molecule has 2 N–H and O–H groups in total. The van der Waals surface area contributed by atoms with Gasteiger partial charge in [-0.1, -0.05) is 25.5 Å². The minimum Gasteiger partial charge on any atom is -0.497 e. The van der Waals surface area contributed by atoms with E-state index in [0.29, 0.717) is 19.7 Å². The summed E-state index contributed by atoms with van der Waals surface area (Å²) < 4.78 is 10.6. The van der Waals surface area contributed by atoms with E-state index < -0.39 is 0 Å². The van der Waals surface area contributed by atoms with E-state index in [1.54, 1.807) is 7.11 Å². The molecule has 1 aromatic carbocycles. The van der Waals surface area contributed by atoms with Gasteiger partial charge >= 0.3 is 0 Å². The van der Waals surface area contributed by atoms with Crippen molar-refractivity contribution in [2.24, 2.45) is 0 Å². The molecule has 0 aliphatic carbocycles. The van der Waals surface area contributed by atoms with Crippen molar-refractivity contribution in [3.05, 3.63) is 41.6 Å². The highest BCUT2D eigenvalue weighted by atomic mass is 16.5. The third-order valence-electron chi connectivity index (χ3n) is 3.70. The molecular formula is C20H29N3O3. The smallest absolute Gasteiger partial charge is 0.263 e. The summed E-state index contributed by atoms with van der Waals surface area (Å²) in [5.41, 5.74) is 1.19. The van der Waals surface area contributed by atoms with Gasteiger partial charge in [0.25, 0.3) is 5.91 Å². The molecule has 0 saturated carbocycles. The van der Waals surface area contributed by atoms with Crippen molar-refractivity contribution in [3.8, 4) is 11.8 Å². The molecule has 0 bridgehead atoms. The lowest BCUT2D eigenvalue weighted by molar-refractivity contribution is -0.117. The van der Waals surface area contributed by atoms with E-state index >= 15 is 0 Å². The number of rotatable bonds is 13. The summed E-state index contributed by atoms with van der Waals surface area (Å²) in [7, 11) is 1.63. The number of hydrogen-bond donors (Lipinski definition) is 2. The Labute approximate surface area is 156 Å². The molecule has 1 amide bonds. The Morgan fingerprint density at radius 1 is 1.27 bits per heavy atom. The van der Waals surface area contributed by atoms with Crippen LogP contribution in [0.1, 0.15) is 31.7 Å². The van der Waals surface area contributed by atoms with Crippen LogP contribution >= 0.6 is 0 Å². The van der Waals surface area contributed by atoms with Crippen LogP contribution in [0.15, 0.2) is 36.0 Å². The van der Waals surface area contributed by atoms with Crippen molar-refractivity contribution in [1.82, 2.24) is 10.6 Å². The van der Waals surface area contributed by atoms with Gasteiger partial charge in [-0.3, -0.25) is 4.79 Å². The van der Waals surface area contributed by atoms with E-state index in [-0.39, 0.29) is 11.5 Å². The molecule has 0 aromatic heterocycles. The third kappa shape index (κ3) is 9.09. The molecule has 0 aliphatic rings. The fraction of sp³-hybridized carbons (Fsp3) is 0.500. The summed E-state index contributed by atoms with van der Waals surface area (Å²) in [5, 5.41) is 14.9. The Kier molecular flexibility index (Phi) is 11.4. The normalized spacial score (nSPS) is 10.9. The monoisotopic (exact) mass is 359 g/mol. The molecule has 0 atom stereocenters. The van der Waals surface area contributed by atoms with Crippen LogP contribution in [0, 0.1) is 11.3 Å². The number of carbonyl (C=O) groups excluding carboxylic acids is 1. The van der Waals surface area contributed by atoms with Gasteiger partial charge < -0.3 is 20.1 Å². The maximum Gasteiger partial charge on any atom is 0.263 e. The van der Waals surface area contributed by atoms with Crippen molar-refractivity contribution in [2.75, 3.05) is 33.4 Å². The van der Waals surface area contributed by atoms with Crippen LogP contribution in [0.3, 0.4) is 0 Å². The number of nitriles is 1. The first-order valence-electron chi connectivity index (χ1n) is 9.03. The second-order valence-electron chi connectivity index (χ2n) is 5.80. The summed E-state index contributed by atoms with van der Waals surface area (Å²) in [6.45, 7) is 4.60. The van der Waals surface area contributed by atoms with Gasteiger partial charge in [-0.05, 0) is 37.0 Å². The van der Waals surface area contributed by atoms with E-state index in [1.807, 2.05) is 30.3 Å². The molecule has 0 unspecified atom stereocenters.